The van der Waals surface area contributed by atoms with E-state index in [1.165, 1.54) is 6.08 Å². The molecule has 1 aromatic rings. The Bertz CT molecular complexity index is 652. The van der Waals surface area contributed by atoms with Gasteiger partial charge in [-0.05, 0) is 25.1 Å². The number of rotatable bonds is 4. The number of amides is 1. The van der Waals surface area contributed by atoms with Crippen molar-refractivity contribution in [2.45, 2.75) is 13.0 Å². The number of nitrogens with one attached hydrogen (secondary N) is 1. The zero-order valence-corrected chi connectivity index (χ0v) is 11.8. The van der Waals surface area contributed by atoms with E-state index in [0.717, 1.165) is 5.41 Å². The Morgan fingerprint density at radius 2 is 2.25 bits per heavy atom. The number of nitrogen functional groups attached to an aromatic ring is 1. The Morgan fingerprint density at radius 3 is 2.85 bits per heavy atom. The van der Waals surface area contributed by atoms with Crippen molar-refractivity contribution in [2.75, 3.05) is 18.1 Å². The molecule has 0 aromatic heterocycles. The van der Waals surface area contributed by atoms with Crippen molar-refractivity contribution in [3.05, 3.63) is 35.2 Å². The molecule has 1 atom stereocenters. The van der Waals surface area contributed by atoms with Crippen molar-refractivity contribution in [1.29, 1.82) is 0 Å². The molecular formula is C13H16N2O4S. The van der Waals surface area contributed by atoms with E-state index in [1.54, 1.807) is 25.1 Å². The van der Waals surface area contributed by atoms with Gasteiger partial charge < -0.3 is 15.8 Å². The first-order valence-electron chi connectivity index (χ1n) is 6.16. The summed E-state index contributed by atoms with van der Waals surface area (Å²) in [6, 6.07) is 4.40. The first kappa shape index (κ1) is 14.4. The van der Waals surface area contributed by atoms with Crippen LogP contribution in [0.4, 0.5) is 5.69 Å². The SMILES string of the molecule is CCOc1cccc(N)c1C(=O)NC1C=CS(=O)(=O)C1. The molecule has 1 aromatic carbocycles. The number of nitrogens with two attached hydrogens (primary N) is 1. The predicted octanol–water partition coefficient (Wildman–Crippen LogP) is 0.708. The first-order chi connectivity index (χ1) is 9.43. The van der Waals surface area contributed by atoms with Gasteiger partial charge in [0.05, 0.1) is 18.4 Å². The Hall–Kier alpha value is -2.02. The summed E-state index contributed by atoms with van der Waals surface area (Å²) >= 11 is 0. The molecule has 1 heterocycles. The monoisotopic (exact) mass is 296 g/mol. The summed E-state index contributed by atoms with van der Waals surface area (Å²) in [5.41, 5.74) is 6.32. The van der Waals surface area contributed by atoms with E-state index in [1.807, 2.05) is 0 Å². The van der Waals surface area contributed by atoms with Crippen molar-refractivity contribution < 1.29 is 17.9 Å². The van der Waals surface area contributed by atoms with Crippen LogP contribution >= 0.6 is 0 Å². The third-order valence-corrected chi connectivity index (χ3v) is 4.23. The maximum atomic E-state index is 12.2. The fourth-order valence-corrected chi connectivity index (χ4v) is 3.21. The largest absolute Gasteiger partial charge is 0.493 e. The van der Waals surface area contributed by atoms with Crippen molar-refractivity contribution in [1.82, 2.24) is 5.32 Å². The van der Waals surface area contributed by atoms with E-state index < -0.39 is 21.8 Å². The van der Waals surface area contributed by atoms with Gasteiger partial charge in [0.15, 0.2) is 9.84 Å². The lowest BCUT2D eigenvalue weighted by molar-refractivity contribution is 0.0945. The van der Waals surface area contributed by atoms with Crippen LogP contribution in [-0.2, 0) is 9.84 Å². The number of carbonyl (C=O) groups is 1. The van der Waals surface area contributed by atoms with E-state index in [2.05, 4.69) is 5.32 Å². The molecule has 1 aliphatic rings. The van der Waals surface area contributed by atoms with E-state index >= 15 is 0 Å². The van der Waals surface area contributed by atoms with Gasteiger partial charge in [-0.3, -0.25) is 4.79 Å². The third-order valence-electron chi connectivity index (χ3n) is 2.83. The highest BCUT2D eigenvalue weighted by Crippen LogP contribution is 2.24. The number of anilines is 1. The first-order valence-corrected chi connectivity index (χ1v) is 7.87. The molecule has 108 valence electrons. The fraction of sp³-hybridized carbons (Fsp3) is 0.308. The van der Waals surface area contributed by atoms with E-state index in [0.29, 0.717) is 18.0 Å². The van der Waals surface area contributed by atoms with Crippen LogP contribution in [0.25, 0.3) is 0 Å². The quantitative estimate of drug-likeness (QED) is 0.797. The molecule has 0 bridgehead atoms. The lowest BCUT2D eigenvalue weighted by Gasteiger charge is -2.15. The second-order valence-electron chi connectivity index (χ2n) is 4.39. The minimum Gasteiger partial charge on any atom is -0.493 e. The fourth-order valence-electron chi connectivity index (χ4n) is 1.97. The Kier molecular flexibility index (Phi) is 3.99. The molecule has 0 saturated heterocycles. The van der Waals surface area contributed by atoms with Crippen molar-refractivity contribution in [3.63, 3.8) is 0 Å². The number of sulfone groups is 1. The summed E-state index contributed by atoms with van der Waals surface area (Å²) in [4.78, 5) is 12.2. The minimum absolute atomic E-state index is 0.130. The number of hydrogen-bond donors (Lipinski definition) is 2. The average molecular weight is 296 g/mol. The van der Waals surface area contributed by atoms with Crippen molar-refractivity contribution in [3.8, 4) is 5.75 Å². The summed E-state index contributed by atoms with van der Waals surface area (Å²) < 4.78 is 28.0. The molecule has 0 radical (unpaired) electrons. The van der Waals surface area contributed by atoms with Gasteiger partial charge in [-0.2, -0.15) is 0 Å². The highest BCUT2D eigenvalue weighted by Gasteiger charge is 2.25. The van der Waals surface area contributed by atoms with Gasteiger partial charge in [-0.15, -0.1) is 0 Å². The Balaban J connectivity index is 2.20. The molecule has 1 amide bonds. The molecular weight excluding hydrogens is 280 g/mol. The van der Waals surface area contributed by atoms with Gasteiger partial charge >= 0.3 is 0 Å². The zero-order valence-electron chi connectivity index (χ0n) is 11.0. The third kappa shape index (κ3) is 3.11. The standard InChI is InChI=1S/C13H16N2O4S/c1-2-19-11-5-3-4-10(14)12(11)13(16)15-9-6-7-20(17,18)8-9/h3-7,9H,2,8,14H2,1H3,(H,15,16). The second kappa shape index (κ2) is 5.54. The summed E-state index contributed by atoms with van der Waals surface area (Å²) in [6.07, 6.45) is 1.45. The molecule has 0 spiro atoms. The maximum Gasteiger partial charge on any atom is 0.257 e. The molecule has 6 nitrogen and oxygen atoms in total. The van der Waals surface area contributed by atoms with Crippen LogP contribution < -0.4 is 15.8 Å². The normalized spacial score (nSPS) is 19.8. The molecule has 0 aliphatic carbocycles. The lowest BCUT2D eigenvalue weighted by Crippen LogP contribution is -2.36. The number of benzene rings is 1. The molecule has 1 aliphatic heterocycles. The van der Waals surface area contributed by atoms with Gasteiger partial charge in [0.2, 0.25) is 0 Å². The lowest BCUT2D eigenvalue weighted by atomic mass is 10.1. The highest BCUT2D eigenvalue weighted by atomic mass is 32.2. The van der Waals surface area contributed by atoms with Crippen molar-refractivity contribution >= 4 is 21.4 Å². The van der Waals surface area contributed by atoms with E-state index in [-0.39, 0.29) is 11.3 Å². The smallest absolute Gasteiger partial charge is 0.257 e. The zero-order chi connectivity index (χ0) is 14.8. The van der Waals surface area contributed by atoms with Crippen LogP contribution in [0.5, 0.6) is 5.75 Å². The predicted molar refractivity (Wildman–Crippen MR) is 76.2 cm³/mol. The minimum atomic E-state index is -3.21. The van der Waals surface area contributed by atoms with Gasteiger partial charge in [-0.1, -0.05) is 6.07 Å². The van der Waals surface area contributed by atoms with Gasteiger partial charge in [0.25, 0.3) is 5.91 Å². The average Bonchev–Trinajstić information content (AvgIpc) is 2.69. The molecule has 1 unspecified atom stereocenters. The number of hydrogen-bond acceptors (Lipinski definition) is 5. The van der Waals surface area contributed by atoms with Crippen molar-refractivity contribution in [2.24, 2.45) is 0 Å². The summed E-state index contributed by atoms with van der Waals surface area (Å²) in [5.74, 6) is -0.191. The molecule has 0 saturated carbocycles. The van der Waals surface area contributed by atoms with Crippen LogP contribution in [0.3, 0.4) is 0 Å². The molecule has 2 rings (SSSR count). The second-order valence-corrected chi connectivity index (χ2v) is 6.32. The summed E-state index contributed by atoms with van der Waals surface area (Å²) in [6.45, 7) is 2.21. The molecule has 7 heteroatoms. The Labute approximate surface area is 117 Å². The van der Waals surface area contributed by atoms with Crippen LogP contribution in [-0.4, -0.2) is 32.7 Å². The van der Waals surface area contributed by atoms with E-state index in [4.69, 9.17) is 10.5 Å². The number of carbonyl (C=O) groups excluding carboxylic acids is 1. The Morgan fingerprint density at radius 1 is 1.50 bits per heavy atom. The topological polar surface area (TPSA) is 98.5 Å². The molecule has 0 fully saturated rings. The molecule has 3 N–H and O–H groups in total. The van der Waals surface area contributed by atoms with Gasteiger partial charge in [0.1, 0.15) is 11.3 Å². The van der Waals surface area contributed by atoms with Crippen LogP contribution in [0.15, 0.2) is 29.7 Å². The summed E-state index contributed by atoms with van der Waals surface area (Å²) in [5, 5.41) is 3.73. The van der Waals surface area contributed by atoms with E-state index in [9.17, 15) is 13.2 Å². The number of ether oxygens (including phenoxy) is 1. The van der Waals surface area contributed by atoms with Gasteiger partial charge in [0, 0.05) is 11.1 Å². The van der Waals surface area contributed by atoms with Crippen LogP contribution in [0.1, 0.15) is 17.3 Å². The highest BCUT2D eigenvalue weighted by molar-refractivity contribution is 7.94. The molecule has 20 heavy (non-hydrogen) atoms. The van der Waals surface area contributed by atoms with Gasteiger partial charge in [-0.25, -0.2) is 8.42 Å². The van der Waals surface area contributed by atoms with Crippen LogP contribution in [0.2, 0.25) is 0 Å². The van der Waals surface area contributed by atoms with Crippen LogP contribution in [0, 0.1) is 0 Å². The maximum absolute atomic E-state index is 12.2. The summed E-state index contributed by atoms with van der Waals surface area (Å²) in [7, 11) is -3.21.